The van der Waals surface area contributed by atoms with Crippen molar-refractivity contribution in [1.82, 2.24) is 14.8 Å². The van der Waals surface area contributed by atoms with Gasteiger partial charge in [0.05, 0.1) is 6.42 Å². The third-order valence-electron chi connectivity index (χ3n) is 4.23. The van der Waals surface area contributed by atoms with Gasteiger partial charge in [-0.1, -0.05) is 6.07 Å². The molecule has 2 aliphatic heterocycles. The Kier molecular flexibility index (Phi) is 3.04. The van der Waals surface area contributed by atoms with Crippen molar-refractivity contribution < 1.29 is 4.79 Å². The van der Waals surface area contributed by atoms with E-state index in [0.29, 0.717) is 18.5 Å². The zero-order valence-corrected chi connectivity index (χ0v) is 10.7. The van der Waals surface area contributed by atoms with Crippen LogP contribution in [0.25, 0.3) is 0 Å². The number of fused-ring (bicyclic) bond motifs is 1. The van der Waals surface area contributed by atoms with E-state index in [1.807, 2.05) is 18.2 Å². The van der Waals surface area contributed by atoms with E-state index in [9.17, 15) is 4.79 Å². The third-order valence-corrected chi connectivity index (χ3v) is 4.23. The molecule has 3 rings (SSSR count). The van der Waals surface area contributed by atoms with Gasteiger partial charge in [0.15, 0.2) is 0 Å². The molecule has 2 saturated heterocycles. The van der Waals surface area contributed by atoms with Gasteiger partial charge < -0.3 is 9.80 Å². The summed E-state index contributed by atoms with van der Waals surface area (Å²) < 4.78 is 0. The Morgan fingerprint density at radius 2 is 2.17 bits per heavy atom. The summed E-state index contributed by atoms with van der Waals surface area (Å²) in [7, 11) is 2.16. The normalized spacial score (nSPS) is 27.5. The molecule has 0 aromatic carbocycles. The molecule has 0 bridgehead atoms. The second-order valence-corrected chi connectivity index (χ2v) is 5.28. The Bertz CT molecular complexity index is 434. The Labute approximate surface area is 108 Å². The number of carbonyl (C=O) groups excluding carboxylic acids is 1. The zero-order valence-electron chi connectivity index (χ0n) is 10.7. The molecule has 4 heteroatoms. The van der Waals surface area contributed by atoms with Crippen LogP contribution >= 0.6 is 0 Å². The maximum Gasteiger partial charge on any atom is 0.228 e. The molecule has 1 aromatic heterocycles. The Hall–Kier alpha value is -1.42. The SMILES string of the molecule is CN1CC[C@@H]2[C@@H]1CCN2C(=O)Cc1ccccn1. The molecule has 2 fully saturated rings. The van der Waals surface area contributed by atoms with Crippen LogP contribution in [0.15, 0.2) is 24.4 Å². The molecule has 0 aliphatic carbocycles. The summed E-state index contributed by atoms with van der Waals surface area (Å²) in [5, 5.41) is 0. The van der Waals surface area contributed by atoms with Gasteiger partial charge in [0.1, 0.15) is 0 Å². The highest BCUT2D eigenvalue weighted by Crippen LogP contribution is 2.30. The summed E-state index contributed by atoms with van der Waals surface area (Å²) in [5.41, 5.74) is 0.873. The van der Waals surface area contributed by atoms with Gasteiger partial charge in [-0.15, -0.1) is 0 Å². The zero-order chi connectivity index (χ0) is 12.5. The van der Waals surface area contributed by atoms with E-state index in [4.69, 9.17) is 0 Å². The van der Waals surface area contributed by atoms with Crippen LogP contribution in [0.4, 0.5) is 0 Å². The van der Waals surface area contributed by atoms with Crippen LogP contribution in [0.3, 0.4) is 0 Å². The first-order chi connectivity index (χ1) is 8.75. The van der Waals surface area contributed by atoms with E-state index in [1.54, 1.807) is 6.20 Å². The average molecular weight is 245 g/mol. The summed E-state index contributed by atoms with van der Waals surface area (Å²) in [6.45, 7) is 2.02. The predicted molar refractivity (Wildman–Crippen MR) is 69.1 cm³/mol. The Morgan fingerprint density at radius 3 is 2.94 bits per heavy atom. The van der Waals surface area contributed by atoms with Crippen LogP contribution in [0.2, 0.25) is 0 Å². The number of carbonyl (C=O) groups is 1. The first-order valence-electron chi connectivity index (χ1n) is 6.65. The smallest absolute Gasteiger partial charge is 0.228 e. The van der Waals surface area contributed by atoms with Crippen LogP contribution in [0.1, 0.15) is 18.5 Å². The van der Waals surface area contributed by atoms with Crippen molar-refractivity contribution in [2.75, 3.05) is 20.1 Å². The van der Waals surface area contributed by atoms with Crippen molar-refractivity contribution in [3.63, 3.8) is 0 Å². The molecule has 3 heterocycles. The molecule has 1 aromatic rings. The number of hydrogen-bond acceptors (Lipinski definition) is 3. The van der Waals surface area contributed by atoms with Crippen LogP contribution in [-0.2, 0) is 11.2 Å². The number of likely N-dealkylation sites (N-methyl/N-ethyl adjacent to an activating group) is 1. The summed E-state index contributed by atoms with van der Waals surface area (Å²) in [4.78, 5) is 21.0. The van der Waals surface area contributed by atoms with Crippen molar-refractivity contribution in [2.24, 2.45) is 0 Å². The molecular formula is C14H19N3O. The summed E-state index contributed by atoms with van der Waals surface area (Å²) in [6.07, 6.45) is 4.43. The molecule has 2 aliphatic rings. The third kappa shape index (κ3) is 2.01. The number of likely N-dealkylation sites (tertiary alicyclic amines) is 2. The molecule has 0 N–H and O–H groups in total. The number of aromatic nitrogens is 1. The predicted octanol–water partition coefficient (Wildman–Crippen LogP) is 0.929. The van der Waals surface area contributed by atoms with Gasteiger partial charge in [-0.25, -0.2) is 0 Å². The van der Waals surface area contributed by atoms with E-state index < -0.39 is 0 Å². The molecule has 18 heavy (non-hydrogen) atoms. The van der Waals surface area contributed by atoms with Gasteiger partial charge in [-0.3, -0.25) is 9.78 Å². The first kappa shape index (κ1) is 11.7. The van der Waals surface area contributed by atoms with Gasteiger partial charge in [0, 0.05) is 37.1 Å². The summed E-state index contributed by atoms with van der Waals surface area (Å²) >= 11 is 0. The topological polar surface area (TPSA) is 36.4 Å². The van der Waals surface area contributed by atoms with E-state index in [2.05, 4.69) is 21.8 Å². The highest BCUT2D eigenvalue weighted by atomic mass is 16.2. The van der Waals surface area contributed by atoms with Crippen molar-refractivity contribution in [1.29, 1.82) is 0 Å². The number of amides is 1. The molecule has 0 saturated carbocycles. The van der Waals surface area contributed by atoms with Gasteiger partial charge in [0.2, 0.25) is 5.91 Å². The Morgan fingerprint density at radius 1 is 1.33 bits per heavy atom. The largest absolute Gasteiger partial charge is 0.338 e. The molecular weight excluding hydrogens is 226 g/mol. The van der Waals surface area contributed by atoms with E-state index >= 15 is 0 Å². The van der Waals surface area contributed by atoms with Gasteiger partial charge in [-0.2, -0.15) is 0 Å². The van der Waals surface area contributed by atoms with Crippen molar-refractivity contribution in [2.45, 2.75) is 31.3 Å². The summed E-state index contributed by atoms with van der Waals surface area (Å²) in [5.74, 6) is 0.233. The van der Waals surface area contributed by atoms with E-state index in [0.717, 1.165) is 31.6 Å². The van der Waals surface area contributed by atoms with Crippen LogP contribution in [0.5, 0.6) is 0 Å². The lowest BCUT2D eigenvalue weighted by molar-refractivity contribution is -0.131. The molecule has 1 amide bonds. The van der Waals surface area contributed by atoms with E-state index in [1.165, 1.54) is 0 Å². The van der Waals surface area contributed by atoms with Gasteiger partial charge in [0.25, 0.3) is 0 Å². The lowest BCUT2D eigenvalue weighted by Crippen LogP contribution is -2.39. The molecule has 96 valence electrons. The fraction of sp³-hybridized carbons (Fsp3) is 0.571. The minimum atomic E-state index is 0.233. The molecule has 0 unspecified atom stereocenters. The fourth-order valence-electron chi connectivity index (χ4n) is 3.27. The highest BCUT2D eigenvalue weighted by Gasteiger charge is 2.42. The van der Waals surface area contributed by atoms with Gasteiger partial charge in [-0.05, 0) is 32.0 Å². The fourth-order valence-corrected chi connectivity index (χ4v) is 3.27. The average Bonchev–Trinajstić information content (AvgIpc) is 2.94. The maximum atomic E-state index is 12.3. The molecule has 0 radical (unpaired) electrons. The second-order valence-electron chi connectivity index (χ2n) is 5.28. The van der Waals surface area contributed by atoms with Crippen LogP contribution in [0, 0.1) is 0 Å². The summed E-state index contributed by atoms with van der Waals surface area (Å²) in [6, 6.07) is 6.76. The van der Waals surface area contributed by atoms with Crippen LogP contribution in [-0.4, -0.2) is 52.9 Å². The van der Waals surface area contributed by atoms with Crippen molar-refractivity contribution in [3.05, 3.63) is 30.1 Å². The van der Waals surface area contributed by atoms with Gasteiger partial charge >= 0.3 is 0 Å². The lowest BCUT2D eigenvalue weighted by atomic mass is 10.1. The molecule has 2 atom stereocenters. The maximum absolute atomic E-state index is 12.3. The minimum Gasteiger partial charge on any atom is -0.338 e. The first-order valence-corrected chi connectivity index (χ1v) is 6.65. The van der Waals surface area contributed by atoms with Crippen LogP contribution < -0.4 is 0 Å². The second kappa shape index (κ2) is 4.69. The standard InChI is InChI=1S/C14H19N3O/c1-16-8-5-13-12(16)6-9-17(13)14(18)10-11-4-2-3-7-15-11/h2-4,7,12-13H,5-6,8-10H2,1H3/t12-,13+/m0/s1. The Balaban J connectivity index is 1.67. The molecule has 4 nitrogen and oxygen atoms in total. The quantitative estimate of drug-likeness (QED) is 0.777. The minimum absolute atomic E-state index is 0.233. The van der Waals surface area contributed by atoms with E-state index in [-0.39, 0.29) is 5.91 Å². The monoisotopic (exact) mass is 245 g/mol. The number of pyridine rings is 1. The highest BCUT2D eigenvalue weighted by molar-refractivity contribution is 5.79. The van der Waals surface area contributed by atoms with Crippen molar-refractivity contribution >= 4 is 5.91 Å². The lowest BCUT2D eigenvalue weighted by Gasteiger charge is -2.24. The van der Waals surface area contributed by atoms with Crippen molar-refractivity contribution in [3.8, 4) is 0 Å². The number of nitrogens with zero attached hydrogens (tertiary/aromatic N) is 3. The number of hydrogen-bond donors (Lipinski definition) is 0. The molecule has 0 spiro atoms. The number of rotatable bonds is 2.